The van der Waals surface area contributed by atoms with Gasteiger partial charge in [0.1, 0.15) is 6.61 Å². The minimum Gasteiger partial charge on any atom is -0.478 e. The van der Waals surface area contributed by atoms with Gasteiger partial charge in [0.25, 0.3) is 0 Å². The van der Waals surface area contributed by atoms with E-state index in [9.17, 15) is 13.2 Å². The van der Waals surface area contributed by atoms with Gasteiger partial charge in [-0.25, -0.2) is 4.99 Å². The second-order valence-corrected chi connectivity index (χ2v) is 5.48. The van der Waals surface area contributed by atoms with Crippen LogP contribution in [0.15, 0.2) is 29.3 Å². The summed E-state index contributed by atoms with van der Waals surface area (Å²) in [7, 11) is 0. The Balaban J connectivity index is 1.73. The van der Waals surface area contributed by atoms with Crippen LogP contribution in [-0.2, 0) is 17.3 Å². The summed E-state index contributed by atoms with van der Waals surface area (Å²) in [6.07, 6.45) is -3.08. The third-order valence-electron chi connectivity index (χ3n) is 3.92. The smallest absolute Gasteiger partial charge is 0.416 e. The van der Waals surface area contributed by atoms with Crippen LogP contribution < -0.4 is 5.32 Å². The van der Waals surface area contributed by atoms with Crippen molar-refractivity contribution in [1.82, 2.24) is 5.32 Å². The molecule has 114 valence electrons. The van der Waals surface area contributed by atoms with Crippen LogP contribution in [0.3, 0.4) is 0 Å². The van der Waals surface area contributed by atoms with Gasteiger partial charge in [-0.05, 0) is 31.0 Å². The van der Waals surface area contributed by atoms with Crippen LogP contribution in [-0.4, -0.2) is 31.6 Å². The van der Waals surface area contributed by atoms with Crippen molar-refractivity contribution in [2.75, 3.05) is 19.7 Å². The van der Waals surface area contributed by atoms with Gasteiger partial charge in [0.05, 0.1) is 11.6 Å². The lowest BCUT2D eigenvalue weighted by Gasteiger charge is -2.13. The fourth-order valence-corrected chi connectivity index (χ4v) is 2.86. The van der Waals surface area contributed by atoms with E-state index in [2.05, 4.69) is 10.3 Å². The number of hydrogen-bond donors (Lipinski definition) is 1. The number of nitrogens with one attached hydrogen (secondary N) is 1. The third-order valence-corrected chi connectivity index (χ3v) is 3.92. The predicted molar refractivity (Wildman–Crippen MR) is 73.3 cm³/mol. The third kappa shape index (κ3) is 3.20. The van der Waals surface area contributed by atoms with Crippen molar-refractivity contribution in [3.8, 4) is 0 Å². The van der Waals surface area contributed by atoms with Gasteiger partial charge in [-0.15, -0.1) is 0 Å². The van der Waals surface area contributed by atoms with E-state index in [1.165, 1.54) is 12.1 Å². The quantitative estimate of drug-likeness (QED) is 0.931. The summed E-state index contributed by atoms with van der Waals surface area (Å²) in [5.74, 6) is 0.974. The number of nitrogens with zero attached hydrogens (tertiary/aromatic N) is 1. The van der Waals surface area contributed by atoms with Gasteiger partial charge < -0.3 is 10.1 Å². The number of hydrogen-bond acceptors (Lipinski definition) is 3. The first-order valence-corrected chi connectivity index (χ1v) is 7.10. The lowest BCUT2D eigenvalue weighted by molar-refractivity contribution is -0.138. The molecule has 1 fully saturated rings. The van der Waals surface area contributed by atoms with Gasteiger partial charge in [0.2, 0.25) is 0 Å². The summed E-state index contributed by atoms with van der Waals surface area (Å²) in [6.45, 7) is 2.15. The van der Waals surface area contributed by atoms with Crippen molar-refractivity contribution in [1.29, 1.82) is 0 Å². The van der Waals surface area contributed by atoms with E-state index >= 15 is 0 Å². The molecule has 0 bridgehead atoms. The molecule has 2 atom stereocenters. The Kier molecular flexibility index (Phi) is 3.89. The first kappa shape index (κ1) is 14.4. The highest BCUT2D eigenvalue weighted by atomic mass is 19.4. The van der Waals surface area contributed by atoms with E-state index in [1.54, 1.807) is 6.07 Å². The molecule has 3 nitrogen and oxygen atoms in total. The number of alkyl halides is 3. The van der Waals surface area contributed by atoms with Crippen LogP contribution in [0.1, 0.15) is 17.5 Å². The molecule has 2 unspecified atom stereocenters. The predicted octanol–water partition coefficient (Wildman–Crippen LogP) is 2.65. The minimum atomic E-state index is -4.32. The van der Waals surface area contributed by atoms with Gasteiger partial charge in [-0.2, -0.15) is 13.2 Å². The molecule has 6 heteroatoms. The fourth-order valence-electron chi connectivity index (χ4n) is 2.86. The van der Waals surface area contributed by atoms with E-state index in [-0.39, 0.29) is 23.9 Å². The lowest BCUT2D eigenvalue weighted by atomic mass is 10.0. The number of benzene rings is 1. The normalized spacial score (nSPS) is 25.8. The number of rotatable bonds is 3. The molecule has 21 heavy (non-hydrogen) atoms. The molecule has 0 spiro atoms. The van der Waals surface area contributed by atoms with E-state index < -0.39 is 11.7 Å². The number of ether oxygens (including phenoxy) is 1. The molecule has 1 N–H and O–H groups in total. The molecule has 0 amide bonds. The van der Waals surface area contributed by atoms with Gasteiger partial charge in [0, 0.05) is 12.5 Å². The van der Waals surface area contributed by atoms with Crippen molar-refractivity contribution in [2.24, 2.45) is 10.9 Å². The second kappa shape index (κ2) is 5.67. The first-order chi connectivity index (χ1) is 10.0. The van der Waals surface area contributed by atoms with E-state index in [0.717, 1.165) is 25.6 Å². The van der Waals surface area contributed by atoms with Gasteiger partial charge in [-0.3, -0.25) is 0 Å². The molecule has 0 radical (unpaired) electrons. The Morgan fingerprint density at radius 1 is 1.29 bits per heavy atom. The highest BCUT2D eigenvalue weighted by Crippen LogP contribution is 2.33. The Morgan fingerprint density at radius 3 is 2.81 bits per heavy atom. The van der Waals surface area contributed by atoms with Crippen LogP contribution in [0.5, 0.6) is 0 Å². The number of halogens is 3. The van der Waals surface area contributed by atoms with Crippen molar-refractivity contribution in [3.63, 3.8) is 0 Å². The Hall–Kier alpha value is -1.56. The monoisotopic (exact) mass is 298 g/mol. The van der Waals surface area contributed by atoms with Crippen LogP contribution in [0.4, 0.5) is 13.2 Å². The molecule has 1 aromatic carbocycles. The average Bonchev–Trinajstić information content (AvgIpc) is 3.08. The SMILES string of the molecule is FC(F)(F)c1ccccc1CC1COC(C2CCNC2)=N1. The summed E-state index contributed by atoms with van der Waals surface area (Å²) in [5, 5.41) is 3.23. The standard InChI is InChI=1S/C15H17F3N2O/c16-15(17,18)13-4-2-1-3-10(13)7-12-9-21-14(20-12)11-5-6-19-8-11/h1-4,11-12,19H,5-9H2. The van der Waals surface area contributed by atoms with Crippen molar-refractivity contribution < 1.29 is 17.9 Å². The first-order valence-electron chi connectivity index (χ1n) is 7.10. The molecule has 0 aromatic heterocycles. The summed E-state index contributed by atoms with van der Waals surface area (Å²) in [5.41, 5.74) is -0.288. The van der Waals surface area contributed by atoms with Gasteiger partial charge >= 0.3 is 6.18 Å². The summed E-state index contributed by atoms with van der Waals surface area (Å²) < 4.78 is 44.5. The molecule has 2 heterocycles. The summed E-state index contributed by atoms with van der Waals surface area (Å²) >= 11 is 0. The molecule has 3 rings (SSSR count). The van der Waals surface area contributed by atoms with Gasteiger partial charge in [-0.1, -0.05) is 18.2 Å². The largest absolute Gasteiger partial charge is 0.478 e. The molecule has 0 saturated carbocycles. The molecule has 1 saturated heterocycles. The van der Waals surface area contributed by atoms with Crippen LogP contribution in [0.2, 0.25) is 0 Å². The van der Waals surface area contributed by atoms with E-state index in [0.29, 0.717) is 12.5 Å². The average molecular weight is 298 g/mol. The zero-order valence-corrected chi connectivity index (χ0v) is 11.5. The van der Waals surface area contributed by atoms with Crippen molar-refractivity contribution in [3.05, 3.63) is 35.4 Å². The van der Waals surface area contributed by atoms with Crippen molar-refractivity contribution >= 4 is 5.90 Å². The zero-order chi connectivity index (χ0) is 14.9. The second-order valence-electron chi connectivity index (χ2n) is 5.48. The van der Waals surface area contributed by atoms with Crippen LogP contribution in [0, 0.1) is 5.92 Å². The van der Waals surface area contributed by atoms with Crippen LogP contribution >= 0.6 is 0 Å². The molecular formula is C15H17F3N2O. The molecule has 0 aliphatic carbocycles. The Bertz CT molecular complexity index is 536. The molecule has 2 aliphatic heterocycles. The van der Waals surface area contributed by atoms with Crippen molar-refractivity contribution in [2.45, 2.75) is 25.1 Å². The Morgan fingerprint density at radius 2 is 2.10 bits per heavy atom. The highest BCUT2D eigenvalue weighted by molar-refractivity contribution is 5.80. The maximum Gasteiger partial charge on any atom is 0.416 e. The van der Waals surface area contributed by atoms with E-state index in [4.69, 9.17) is 4.74 Å². The maximum atomic E-state index is 13.0. The number of aliphatic imine (C=N–C) groups is 1. The topological polar surface area (TPSA) is 33.6 Å². The Labute approximate surface area is 121 Å². The minimum absolute atomic E-state index is 0.218. The molecular weight excluding hydrogens is 281 g/mol. The fraction of sp³-hybridized carbons (Fsp3) is 0.533. The lowest BCUT2D eigenvalue weighted by Crippen LogP contribution is -2.17. The summed E-state index contributed by atoms with van der Waals surface area (Å²) in [6, 6.07) is 5.47. The molecule has 1 aromatic rings. The maximum absolute atomic E-state index is 13.0. The summed E-state index contributed by atoms with van der Waals surface area (Å²) in [4.78, 5) is 4.48. The van der Waals surface area contributed by atoms with E-state index in [1.807, 2.05) is 0 Å². The van der Waals surface area contributed by atoms with Crippen LogP contribution in [0.25, 0.3) is 0 Å². The van der Waals surface area contributed by atoms with Gasteiger partial charge in [0.15, 0.2) is 5.90 Å². The zero-order valence-electron chi connectivity index (χ0n) is 11.5. The molecule has 2 aliphatic rings. The highest BCUT2D eigenvalue weighted by Gasteiger charge is 2.34.